The van der Waals surface area contributed by atoms with Crippen molar-refractivity contribution in [3.63, 3.8) is 0 Å². The van der Waals surface area contributed by atoms with Gasteiger partial charge in [0.1, 0.15) is 6.10 Å². The van der Waals surface area contributed by atoms with Crippen LogP contribution in [-0.4, -0.2) is 50.1 Å². The summed E-state index contributed by atoms with van der Waals surface area (Å²) in [6.07, 6.45) is -0.248. The first-order chi connectivity index (χ1) is 12.6. The van der Waals surface area contributed by atoms with E-state index in [1.54, 1.807) is 11.9 Å². The van der Waals surface area contributed by atoms with E-state index in [1.807, 2.05) is 42.5 Å². The predicted octanol–water partition coefficient (Wildman–Crippen LogP) is 1.85. The maximum absolute atomic E-state index is 11.8. The van der Waals surface area contributed by atoms with Crippen molar-refractivity contribution in [2.75, 3.05) is 20.1 Å². The van der Waals surface area contributed by atoms with Gasteiger partial charge in [-0.2, -0.15) is 0 Å². The molecule has 7 heteroatoms. The van der Waals surface area contributed by atoms with Crippen molar-refractivity contribution in [3.05, 3.63) is 60.2 Å². The summed E-state index contributed by atoms with van der Waals surface area (Å²) in [6.45, 7) is 0.101. The molecule has 0 amide bonds. The molecule has 2 aliphatic rings. The van der Waals surface area contributed by atoms with Crippen molar-refractivity contribution in [1.29, 1.82) is 0 Å². The number of carbonyl (C=O) groups is 2. The third-order valence-electron chi connectivity index (χ3n) is 4.43. The SMILES string of the molecule is CN1CC(=O)OB([C@H]2O[C@@H]2c2ccc(-c3ccccc3)cc2)OC(=O)C1. The van der Waals surface area contributed by atoms with Gasteiger partial charge in [-0.15, -0.1) is 0 Å². The molecule has 0 unspecified atom stereocenters. The number of ether oxygens (including phenoxy) is 1. The summed E-state index contributed by atoms with van der Waals surface area (Å²) in [7, 11) is 0.663. The van der Waals surface area contributed by atoms with Gasteiger partial charge in [0.05, 0.1) is 13.1 Å². The Bertz CT molecular complexity index is 790. The highest BCUT2D eigenvalue weighted by Crippen LogP contribution is 2.41. The van der Waals surface area contributed by atoms with E-state index in [4.69, 9.17) is 14.0 Å². The second-order valence-electron chi connectivity index (χ2n) is 6.53. The third kappa shape index (κ3) is 3.64. The molecule has 0 N–H and O–H groups in total. The Morgan fingerprint density at radius 2 is 1.46 bits per heavy atom. The summed E-state index contributed by atoms with van der Waals surface area (Å²) in [5, 5.41) is 0. The number of hydrogen-bond acceptors (Lipinski definition) is 6. The molecule has 0 spiro atoms. The van der Waals surface area contributed by atoms with E-state index >= 15 is 0 Å². The van der Waals surface area contributed by atoms with Crippen LogP contribution in [0.2, 0.25) is 0 Å². The highest BCUT2D eigenvalue weighted by atomic mass is 16.7. The van der Waals surface area contributed by atoms with E-state index in [2.05, 4.69) is 12.1 Å². The van der Waals surface area contributed by atoms with Crippen molar-refractivity contribution in [3.8, 4) is 11.1 Å². The first-order valence-corrected chi connectivity index (χ1v) is 8.48. The number of nitrogens with zero attached hydrogens (tertiary/aromatic N) is 1. The fourth-order valence-corrected chi connectivity index (χ4v) is 3.08. The van der Waals surface area contributed by atoms with E-state index in [1.165, 1.54) is 0 Å². The zero-order valence-corrected chi connectivity index (χ0v) is 14.3. The lowest BCUT2D eigenvalue weighted by Crippen LogP contribution is -2.45. The van der Waals surface area contributed by atoms with E-state index < -0.39 is 25.1 Å². The molecule has 0 aromatic heterocycles. The van der Waals surface area contributed by atoms with Crippen molar-refractivity contribution < 1.29 is 23.6 Å². The number of benzene rings is 2. The smallest absolute Gasteiger partial charge is 0.496 e. The van der Waals surface area contributed by atoms with Crippen LogP contribution in [0.5, 0.6) is 0 Å². The van der Waals surface area contributed by atoms with Crippen LogP contribution in [0, 0.1) is 0 Å². The Hall–Kier alpha value is -2.64. The monoisotopic (exact) mass is 351 g/mol. The van der Waals surface area contributed by atoms with Crippen LogP contribution in [0.25, 0.3) is 11.1 Å². The fraction of sp³-hybridized carbons (Fsp3) is 0.263. The quantitative estimate of drug-likeness (QED) is 0.621. The lowest BCUT2D eigenvalue weighted by Gasteiger charge is -2.21. The summed E-state index contributed by atoms with van der Waals surface area (Å²) in [5.41, 5.74) is 3.21. The van der Waals surface area contributed by atoms with Crippen LogP contribution in [-0.2, 0) is 23.6 Å². The molecule has 6 nitrogen and oxygen atoms in total. The molecular formula is C19H18BNO5. The van der Waals surface area contributed by atoms with E-state index in [-0.39, 0.29) is 19.2 Å². The van der Waals surface area contributed by atoms with Gasteiger partial charge in [0.25, 0.3) is 0 Å². The Labute approximate surface area is 151 Å². The number of carbonyl (C=O) groups excluding carboxylic acids is 2. The van der Waals surface area contributed by atoms with Gasteiger partial charge in [0.15, 0.2) is 6.00 Å². The molecule has 0 aliphatic carbocycles. The van der Waals surface area contributed by atoms with E-state index in [0.29, 0.717) is 0 Å². The molecule has 0 radical (unpaired) electrons. The van der Waals surface area contributed by atoms with Gasteiger partial charge in [-0.05, 0) is 23.7 Å². The standard InChI is InChI=1S/C19H18BNO5/c1-21-11-16(22)25-20(26-17(23)12-21)19-18(24-19)15-9-7-14(8-10-15)13-5-3-2-4-6-13/h2-10,18-19H,11-12H2,1H3/t18-,19+/m1/s1. The summed E-state index contributed by atoms with van der Waals surface area (Å²) in [5.74, 6) is -0.864. The highest BCUT2D eigenvalue weighted by Gasteiger charge is 2.56. The second kappa shape index (κ2) is 6.94. The maximum atomic E-state index is 11.8. The van der Waals surface area contributed by atoms with Crippen molar-refractivity contribution in [2.45, 2.75) is 12.1 Å². The first kappa shape index (κ1) is 16.8. The van der Waals surface area contributed by atoms with Crippen molar-refractivity contribution in [2.24, 2.45) is 0 Å². The second-order valence-corrected chi connectivity index (χ2v) is 6.53. The van der Waals surface area contributed by atoms with Gasteiger partial charge in [-0.25, -0.2) is 0 Å². The summed E-state index contributed by atoms with van der Waals surface area (Å²) < 4.78 is 16.1. The lowest BCUT2D eigenvalue weighted by molar-refractivity contribution is -0.145. The average molecular weight is 351 g/mol. The molecule has 2 aromatic rings. The molecule has 26 heavy (non-hydrogen) atoms. The third-order valence-corrected chi connectivity index (χ3v) is 4.43. The minimum Gasteiger partial charge on any atom is -0.496 e. The number of rotatable bonds is 3. The fourth-order valence-electron chi connectivity index (χ4n) is 3.08. The molecule has 2 aromatic carbocycles. The van der Waals surface area contributed by atoms with E-state index in [9.17, 15) is 9.59 Å². The van der Waals surface area contributed by atoms with Crippen molar-refractivity contribution >= 4 is 19.1 Å². The lowest BCUT2D eigenvalue weighted by atomic mass is 9.80. The minimum atomic E-state index is -0.998. The van der Waals surface area contributed by atoms with Gasteiger partial charge in [0, 0.05) is 0 Å². The van der Waals surface area contributed by atoms with E-state index in [0.717, 1.165) is 16.7 Å². The molecular weight excluding hydrogens is 333 g/mol. The van der Waals surface area contributed by atoms with Gasteiger partial charge in [-0.3, -0.25) is 14.5 Å². The Morgan fingerprint density at radius 1 is 0.885 bits per heavy atom. The summed E-state index contributed by atoms with van der Waals surface area (Å²) in [4.78, 5) is 25.2. The normalized spacial score (nSPS) is 23.7. The molecule has 2 saturated heterocycles. The van der Waals surface area contributed by atoms with Crippen LogP contribution in [0.3, 0.4) is 0 Å². The van der Waals surface area contributed by atoms with Crippen LogP contribution >= 0.6 is 0 Å². The van der Waals surface area contributed by atoms with Gasteiger partial charge < -0.3 is 14.0 Å². The molecule has 0 saturated carbocycles. The molecule has 2 heterocycles. The largest absolute Gasteiger partial charge is 0.632 e. The van der Waals surface area contributed by atoms with Crippen LogP contribution in [0.15, 0.2) is 54.6 Å². The number of likely N-dealkylation sites (N-methyl/N-ethyl adjacent to an activating group) is 1. The molecule has 2 aliphatic heterocycles. The topological polar surface area (TPSA) is 68.4 Å². The predicted molar refractivity (Wildman–Crippen MR) is 94.9 cm³/mol. The minimum absolute atomic E-state index is 0.0504. The molecule has 2 fully saturated rings. The van der Waals surface area contributed by atoms with Crippen LogP contribution < -0.4 is 0 Å². The number of hydrogen-bond donors (Lipinski definition) is 0. The number of epoxide rings is 1. The zero-order chi connectivity index (χ0) is 18.1. The zero-order valence-electron chi connectivity index (χ0n) is 14.3. The molecule has 4 rings (SSSR count). The van der Waals surface area contributed by atoms with Gasteiger partial charge in [-0.1, -0.05) is 54.6 Å². The summed E-state index contributed by atoms with van der Waals surface area (Å²) >= 11 is 0. The molecule has 132 valence electrons. The van der Waals surface area contributed by atoms with Gasteiger partial charge in [0.2, 0.25) is 0 Å². The average Bonchev–Trinajstić information content (AvgIpc) is 3.41. The first-order valence-electron chi connectivity index (χ1n) is 8.48. The Balaban J connectivity index is 1.44. The Morgan fingerprint density at radius 3 is 2.08 bits per heavy atom. The van der Waals surface area contributed by atoms with Crippen LogP contribution in [0.1, 0.15) is 11.7 Å². The Kier molecular flexibility index (Phi) is 4.49. The van der Waals surface area contributed by atoms with Crippen molar-refractivity contribution in [1.82, 2.24) is 4.90 Å². The molecule has 0 bridgehead atoms. The van der Waals surface area contributed by atoms with Gasteiger partial charge >= 0.3 is 19.1 Å². The van der Waals surface area contributed by atoms with Crippen LogP contribution in [0.4, 0.5) is 0 Å². The molecule has 2 atom stereocenters. The highest BCUT2D eigenvalue weighted by molar-refractivity contribution is 6.51. The maximum Gasteiger partial charge on any atom is 0.632 e. The summed E-state index contributed by atoms with van der Waals surface area (Å²) in [6, 6.07) is 17.6.